The van der Waals surface area contributed by atoms with E-state index in [1.807, 2.05) is 6.92 Å². The zero-order chi connectivity index (χ0) is 16.4. The fraction of sp³-hybridized carbons (Fsp3) is 0.462. The summed E-state index contributed by atoms with van der Waals surface area (Å²) in [6.07, 6.45) is 0.133. The Morgan fingerprint density at radius 1 is 1.36 bits per heavy atom. The van der Waals surface area contributed by atoms with Crippen LogP contribution >= 0.6 is 33.2 Å². The van der Waals surface area contributed by atoms with Gasteiger partial charge in [0.2, 0.25) is 5.88 Å². The van der Waals surface area contributed by atoms with Crippen LogP contribution in [-0.2, 0) is 4.79 Å². The Kier molecular flexibility index (Phi) is 9.10. The second-order valence-corrected chi connectivity index (χ2v) is 7.07. The van der Waals surface area contributed by atoms with Crippen molar-refractivity contribution in [2.45, 2.75) is 13.3 Å². The topological polar surface area (TPSA) is 88.5 Å². The molecular formula is C13H17ClN2O4S2. The number of nitrogens with one attached hydrogen (secondary N) is 1. The molecule has 0 saturated carbocycles. The molecule has 0 aromatic carbocycles. The fourth-order valence-corrected chi connectivity index (χ4v) is 3.43. The zero-order valence-electron chi connectivity index (χ0n) is 12.0. The third-order valence-corrected chi connectivity index (χ3v) is 4.99. The fourth-order valence-electron chi connectivity index (χ4n) is 1.35. The van der Waals surface area contributed by atoms with Crippen LogP contribution in [0.1, 0.15) is 23.8 Å². The number of hydrogen-bond acceptors (Lipinski definition) is 6. The molecule has 22 heavy (non-hydrogen) atoms. The number of hydrogen-bond donors (Lipinski definition) is 2. The van der Waals surface area contributed by atoms with Crippen molar-refractivity contribution in [1.82, 2.24) is 10.3 Å². The van der Waals surface area contributed by atoms with Crippen LogP contribution in [0, 0.1) is 0 Å². The van der Waals surface area contributed by atoms with Crippen molar-refractivity contribution < 1.29 is 19.4 Å². The minimum absolute atomic E-state index is 0.133. The summed E-state index contributed by atoms with van der Waals surface area (Å²) in [7, 11) is 2.97. The second-order valence-electron chi connectivity index (χ2n) is 3.96. The molecule has 0 aliphatic heterocycles. The number of ether oxygens (including phenoxy) is 1. The molecule has 6 nitrogen and oxygen atoms in total. The number of rotatable bonds is 10. The van der Waals surface area contributed by atoms with E-state index >= 15 is 0 Å². The summed E-state index contributed by atoms with van der Waals surface area (Å²) in [4.78, 5) is 26.4. The maximum atomic E-state index is 12.0. The molecule has 122 valence electrons. The maximum Gasteiger partial charge on any atom is 0.304 e. The molecule has 0 bridgehead atoms. The number of carboxylic acids is 1. The van der Waals surface area contributed by atoms with Gasteiger partial charge in [0.05, 0.1) is 18.1 Å². The molecule has 1 aromatic rings. The van der Waals surface area contributed by atoms with Crippen LogP contribution in [0.15, 0.2) is 12.1 Å². The monoisotopic (exact) mass is 364 g/mol. The van der Waals surface area contributed by atoms with Gasteiger partial charge < -0.3 is 15.2 Å². The summed E-state index contributed by atoms with van der Waals surface area (Å²) in [6.45, 7) is 2.73. The number of carbonyl (C=O) groups is 2. The molecule has 1 amide bonds. The van der Waals surface area contributed by atoms with Crippen molar-refractivity contribution in [3.8, 4) is 5.88 Å². The normalized spacial score (nSPS) is 10.3. The minimum atomic E-state index is -0.809. The first-order valence-corrected chi connectivity index (χ1v) is 9.45. The van der Waals surface area contributed by atoms with E-state index in [2.05, 4.69) is 10.3 Å². The van der Waals surface area contributed by atoms with E-state index < -0.39 is 5.97 Å². The van der Waals surface area contributed by atoms with Crippen molar-refractivity contribution in [2.75, 3.05) is 24.7 Å². The van der Waals surface area contributed by atoms with Crippen molar-refractivity contribution in [3.63, 3.8) is 0 Å². The van der Waals surface area contributed by atoms with E-state index in [1.54, 1.807) is 12.1 Å². The van der Waals surface area contributed by atoms with Gasteiger partial charge in [-0.15, -0.1) is 0 Å². The smallest absolute Gasteiger partial charge is 0.304 e. The average Bonchev–Trinajstić information content (AvgIpc) is 2.48. The van der Waals surface area contributed by atoms with E-state index in [0.29, 0.717) is 30.5 Å². The molecule has 0 aliphatic rings. The van der Waals surface area contributed by atoms with E-state index in [9.17, 15) is 9.59 Å². The first-order chi connectivity index (χ1) is 10.5. The van der Waals surface area contributed by atoms with Gasteiger partial charge in [0.15, 0.2) is 5.69 Å². The van der Waals surface area contributed by atoms with Crippen molar-refractivity contribution in [3.05, 3.63) is 22.8 Å². The highest BCUT2D eigenvalue weighted by atomic mass is 35.5. The van der Waals surface area contributed by atoms with Gasteiger partial charge >= 0.3 is 5.97 Å². The quantitative estimate of drug-likeness (QED) is 0.487. The first kappa shape index (κ1) is 18.9. The van der Waals surface area contributed by atoms with Gasteiger partial charge in [-0.1, -0.05) is 33.2 Å². The van der Waals surface area contributed by atoms with Crippen molar-refractivity contribution >= 4 is 45.1 Å². The molecule has 0 fully saturated rings. The van der Waals surface area contributed by atoms with Gasteiger partial charge in [-0.25, -0.2) is 4.98 Å². The highest BCUT2D eigenvalue weighted by Gasteiger charge is 2.13. The molecule has 1 rings (SSSR count). The van der Waals surface area contributed by atoms with Gasteiger partial charge in [-0.05, 0) is 13.0 Å². The van der Waals surface area contributed by atoms with Crippen LogP contribution in [-0.4, -0.2) is 46.6 Å². The Hall–Kier alpha value is -1.12. The van der Waals surface area contributed by atoms with Gasteiger partial charge in [-0.3, -0.25) is 9.59 Å². The standard InChI is InChI=1S/C13H17ClN2O4S2/c1-2-20-10-4-3-9(14)12(16-10)13(19)15-6-8-22-21-7-5-11(17)18/h3-4H,2,5-8H2,1H3,(H,15,19)(H,17,18). The Balaban J connectivity index is 2.33. The number of pyridine rings is 1. The lowest BCUT2D eigenvalue weighted by molar-refractivity contribution is -0.136. The summed E-state index contributed by atoms with van der Waals surface area (Å²) < 4.78 is 5.24. The van der Waals surface area contributed by atoms with Gasteiger partial charge in [0.25, 0.3) is 5.91 Å². The lowest BCUT2D eigenvalue weighted by Crippen LogP contribution is -2.27. The summed E-state index contributed by atoms with van der Waals surface area (Å²) >= 11 is 5.96. The predicted octanol–water partition coefficient (Wildman–Crippen LogP) is 2.72. The molecule has 0 saturated heterocycles. The molecule has 0 unspecified atom stereocenters. The second kappa shape index (κ2) is 10.6. The number of aliphatic carboxylic acids is 1. The van der Waals surface area contributed by atoms with Gasteiger partial charge in [0.1, 0.15) is 0 Å². The van der Waals surface area contributed by atoms with Crippen LogP contribution in [0.25, 0.3) is 0 Å². The first-order valence-electron chi connectivity index (χ1n) is 6.58. The van der Waals surface area contributed by atoms with E-state index in [1.165, 1.54) is 21.6 Å². The number of carboxylic acid groups (broad SMARTS) is 1. The van der Waals surface area contributed by atoms with Crippen LogP contribution in [0.3, 0.4) is 0 Å². The van der Waals surface area contributed by atoms with E-state index in [4.69, 9.17) is 21.4 Å². The Morgan fingerprint density at radius 3 is 2.77 bits per heavy atom. The Bertz CT molecular complexity index is 517. The number of amides is 1. The Morgan fingerprint density at radius 2 is 2.09 bits per heavy atom. The highest BCUT2D eigenvalue weighted by Crippen LogP contribution is 2.21. The van der Waals surface area contributed by atoms with Crippen LogP contribution in [0.2, 0.25) is 5.02 Å². The molecule has 0 spiro atoms. The minimum Gasteiger partial charge on any atom is -0.481 e. The number of aromatic nitrogens is 1. The molecule has 1 heterocycles. The highest BCUT2D eigenvalue weighted by molar-refractivity contribution is 8.76. The maximum absolute atomic E-state index is 12.0. The number of nitrogens with zero attached hydrogens (tertiary/aromatic N) is 1. The summed E-state index contributed by atoms with van der Waals surface area (Å²) in [5, 5.41) is 11.5. The Labute approximate surface area is 141 Å². The van der Waals surface area contributed by atoms with Gasteiger partial charge in [-0.2, -0.15) is 0 Å². The summed E-state index contributed by atoms with van der Waals surface area (Å²) in [5.41, 5.74) is 0.135. The number of carbonyl (C=O) groups excluding carboxylic acids is 1. The molecule has 0 radical (unpaired) electrons. The largest absolute Gasteiger partial charge is 0.481 e. The molecule has 2 N–H and O–H groups in total. The SMILES string of the molecule is CCOc1ccc(Cl)c(C(=O)NCCSSCCC(=O)O)n1. The van der Waals surface area contributed by atoms with E-state index in [0.717, 1.165) is 0 Å². The lowest BCUT2D eigenvalue weighted by atomic mass is 10.3. The third kappa shape index (κ3) is 7.24. The van der Waals surface area contributed by atoms with E-state index in [-0.39, 0.29) is 23.0 Å². The molecular weight excluding hydrogens is 348 g/mol. The summed E-state index contributed by atoms with van der Waals surface area (Å²) in [6, 6.07) is 3.18. The van der Waals surface area contributed by atoms with Crippen molar-refractivity contribution in [1.29, 1.82) is 0 Å². The van der Waals surface area contributed by atoms with Crippen LogP contribution in [0.5, 0.6) is 5.88 Å². The average molecular weight is 365 g/mol. The van der Waals surface area contributed by atoms with Crippen molar-refractivity contribution in [2.24, 2.45) is 0 Å². The zero-order valence-corrected chi connectivity index (χ0v) is 14.4. The number of halogens is 1. The third-order valence-electron chi connectivity index (χ3n) is 2.28. The van der Waals surface area contributed by atoms with Crippen LogP contribution < -0.4 is 10.1 Å². The summed E-state index contributed by atoms with van der Waals surface area (Å²) in [5.74, 6) is 0.394. The predicted molar refractivity (Wildman–Crippen MR) is 89.9 cm³/mol. The van der Waals surface area contributed by atoms with Gasteiger partial charge in [0, 0.05) is 24.1 Å². The molecule has 0 aliphatic carbocycles. The molecule has 1 aromatic heterocycles. The molecule has 0 atom stereocenters. The molecule has 9 heteroatoms. The lowest BCUT2D eigenvalue weighted by Gasteiger charge is -2.08. The van der Waals surface area contributed by atoms with Crippen LogP contribution in [0.4, 0.5) is 0 Å².